The summed E-state index contributed by atoms with van der Waals surface area (Å²) in [7, 11) is -3.97. The zero-order valence-electron chi connectivity index (χ0n) is 17.7. The number of hydrogen-bond acceptors (Lipinski definition) is 3. The van der Waals surface area contributed by atoms with Crippen LogP contribution in [0.4, 0.5) is 5.69 Å². The number of amides is 1. The summed E-state index contributed by atoms with van der Waals surface area (Å²) < 4.78 is 29.1. The highest BCUT2D eigenvalue weighted by Gasteiger charge is 2.34. The van der Waals surface area contributed by atoms with Crippen molar-refractivity contribution in [2.45, 2.75) is 30.8 Å². The molecule has 4 rings (SSSR count). The largest absolute Gasteiger partial charge is 0.308 e. The fourth-order valence-electron chi connectivity index (χ4n) is 4.00. The van der Waals surface area contributed by atoms with Gasteiger partial charge in [-0.15, -0.1) is 0 Å². The highest BCUT2D eigenvalue weighted by atomic mass is 79.9. The van der Waals surface area contributed by atoms with E-state index in [1.54, 1.807) is 35.2 Å². The van der Waals surface area contributed by atoms with Crippen LogP contribution in [0.3, 0.4) is 0 Å². The minimum atomic E-state index is -3.97. The van der Waals surface area contributed by atoms with Gasteiger partial charge in [-0.1, -0.05) is 63.4 Å². The average Bonchev–Trinajstić information content (AvgIpc) is 3.11. The molecule has 3 aromatic carbocycles. The van der Waals surface area contributed by atoms with E-state index in [1.807, 2.05) is 31.2 Å². The molecule has 1 heterocycles. The number of carbonyl (C=O) groups excluding carboxylic acids is 1. The van der Waals surface area contributed by atoms with Gasteiger partial charge in [-0.05, 0) is 66.9 Å². The first-order valence-electron chi connectivity index (χ1n) is 10.3. The number of hydrogen-bond donors (Lipinski definition) is 0. The number of anilines is 1. The van der Waals surface area contributed by atoms with Crippen molar-refractivity contribution in [3.8, 4) is 0 Å². The summed E-state index contributed by atoms with van der Waals surface area (Å²) in [5, 5.41) is 0.699. The zero-order valence-corrected chi connectivity index (χ0v) is 21.6. The van der Waals surface area contributed by atoms with Gasteiger partial charge in [0.1, 0.15) is 0 Å². The summed E-state index contributed by atoms with van der Waals surface area (Å²) in [5.74, 6) is -0.284. The molecule has 0 spiro atoms. The number of rotatable bonds is 6. The molecule has 0 saturated heterocycles. The number of halogens is 3. The van der Waals surface area contributed by atoms with E-state index < -0.39 is 10.0 Å². The number of benzene rings is 3. The molecular formula is C24H21BrCl2N2O3S. The van der Waals surface area contributed by atoms with Crippen molar-refractivity contribution >= 4 is 60.7 Å². The van der Waals surface area contributed by atoms with Crippen LogP contribution >= 0.6 is 39.1 Å². The molecule has 9 heteroatoms. The summed E-state index contributed by atoms with van der Waals surface area (Å²) in [6.07, 6.45) is 0.730. The van der Waals surface area contributed by atoms with Crippen LogP contribution in [-0.2, 0) is 27.8 Å². The van der Waals surface area contributed by atoms with Crippen LogP contribution in [0, 0.1) is 0 Å². The number of nitrogens with zero attached hydrogens (tertiary/aromatic N) is 2. The molecule has 1 aliphatic heterocycles. The van der Waals surface area contributed by atoms with Gasteiger partial charge in [0, 0.05) is 22.7 Å². The van der Waals surface area contributed by atoms with E-state index >= 15 is 0 Å². The molecule has 5 nitrogen and oxygen atoms in total. The lowest BCUT2D eigenvalue weighted by molar-refractivity contribution is -0.119. The van der Waals surface area contributed by atoms with Crippen molar-refractivity contribution in [3.05, 3.63) is 92.4 Å². The van der Waals surface area contributed by atoms with Crippen molar-refractivity contribution in [2.75, 3.05) is 11.4 Å². The first-order chi connectivity index (χ1) is 15.7. The lowest BCUT2D eigenvalue weighted by atomic mass is 10.1. The van der Waals surface area contributed by atoms with Gasteiger partial charge in [-0.3, -0.25) is 4.79 Å². The zero-order chi connectivity index (χ0) is 23.8. The molecule has 0 aliphatic carbocycles. The fraction of sp³-hybridized carbons (Fsp3) is 0.208. The van der Waals surface area contributed by atoms with Crippen LogP contribution in [-0.4, -0.2) is 31.2 Å². The Hall–Kier alpha value is -1.90. The molecule has 1 unspecified atom stereocenters. The maximum Gasteiger partial charge on any atom is 0.243 e. The SMILES string of the molecule is CC1Cc2ccccc2N1C(=O)CN(Cc1ccc(Cl)c(Cl)c1)S(=O)(=O)c1ccc(Br)cc1. The summed E-state index contributed by atoms with van der Waals surface area (Å²) in [6, 6.07) is 18.9. The van der Waals surface area contributed by atoms with E-state index in [1.165, 1.54) is 16.4 Å². The minimum Gasteiger partial charge on any atom is -0.308 e. The van der Waals surface area contributed by atoms with Crippen LogP contribution in [0.15, 0.2) is 76.1 Å². The Morgan fingerprint density at radius 3 is 2.45 bits per heavy atom. The van der Waals surface area contributed by atoms with Gasteiger partial charge in [0.2, 0.25) is 15.9 Å². The predicted octanol–water partition coefficient (Wildman–Crippen LogP) is 5.92. The first kappa shape index (κ1) is 24.2. The number of carbonyl (C=O) groups is 1. The summed E-state index contributed by atoms with van der Waals surface area (Å²) in [5.41, 5.74) is 2.53. The van der Waals surface area contributed by atoms with E-state index in [-0.39, 0.29) is 29.9 Å². The third-order valence-electron chi connectivity index (χ3n) is 5.58. The maximum absolute atomic E-state index is 13.6. The topological polar surface area (TPSA) is 57.7 Å². The second kappa shape index (κ2) is 9.76. The third-order valence-corrected chi connectivity index (χ3v) is 8.66. The molecule has 1 atom stereocenters. The first-order valence-corrected chi connectivity index (χ1v) is 13.3. The molecule has 33 heavy (non-hydrogen) atoms. The van der Waals surface area contributed by atoms with Crippen LogP contribution in [0.1, 0.15) is 18.1 Å². The molecule has 1 amide bonds. The molecule has 0 bridgehead atoms. The van der Waals surface area contributed by atoms with Crippen molar-refractivity contribution in [2.24, 2.45) is 0 Å². The Bertz CT molecular complexity index is 1300. The van der Waals surface area contributed by atoms with Crippen LogP contribution in [0.25, 0.3) is 0 Å². The predicted molar refractivity (Wildman–Crippen MR) is 135 cm³/mol. The Morgan fingerprint density at radius 1 is 1.06 bits per heavy atom. The van der Waals surface area contributed by atoms with Gasteiger partial charge in [0.15, 0.2) is 0 Å². The fourth-order valence-corrected chi connectivity index (χ4v) is 5.96. The molecule has 0 fully saturated rings. The van der Waals surface area contributed by atoms with E-state index in [2.05, 4.69) is 15.9 Å². The van der Waals surface area contributed by atoms with E-state index in [0.29, 0.717) is 15.6 Å². The molecule has 172 valence electrons. The van der Waals surface area contributed by atoms with Crippen molar-refractivity contribution < 1.29 is 13.2 Å². The summed E-state index contributed by atoms with van der Waals surface area (Å²) in [6.45, 7) is 1.63. The highest BCUT2D eigenvalue weighted by Crippen LogP contribution is 2.32. The quantitative estimate of drug-likeness (QED) is 0.371. The van der Waals surface area contributed by atoms with Crippen molar-refractivity contribution in [1.82, 2.24) is 4.31 Å². The lowest BCUT2D eigenvalue weighted by Crippen LogP contribution is -2.44. The number of sulfonamides is 1. The molecule has 0 saturated carbocycles. The molecule has 0 aromatic heterocycles. The molecule has 0 radical (unpaired) electrons. The van der Waals surface area contributed by atoms with Crippen LogP contribution in [0.5, 0.6) is 0 Å². The maximum atomic E-state index is 13.6. The highest BCUT2D eigenvalue weighted by molar-refractivity contribution is 9.10. The van der Waals surface area contributed by atoms with Gasteiger partial charge in [-0.2, -0.15) is 4.31 Å². The van der Waals surface area contributed by atoms with Crippen molar-refractivity contribution in [3.63, 3.8) is 0 Å². The minimum absolute atomic E-state index is 0.0229. The summed E-state index contributed by atoms with van der Waals surface area (Å²) in [4.78, 5) is 15.2. The Morgan fingerprint density at radius 2 is 1.76 bits per heavy atom. The Labute approximate surface area is 212 Å². The average molecular weight is 568 g/mol. The molecule has 3 aromatic rings. The van der Waals surface area contributed by atoms with E-state index in [4.69, 9.17) is 23.2 Å². The Balaban J connectivity index is 1.68. The number of fused-ring (bicyclic) bond motifs is 1. The Kier molecular flexibility index (Phi) is 7.17. The molecule has 0 N–H and O–H groups in total. The normalized spacial score (nSPS) is 15.7. The summed E-state index contributed by atoms with van der Waals surface area (Å²) >= 11 is 15.5. The smallest absolute Gasteiger partial charge is 0.243 e. The monoisotopic (exact) mass is 566 g/mol. The van der Waals surface area contributed by atoms with Gasteiger partial charge in [0.05, 0.1) is 21.5 Å². The standard InChI is InChI=1S/C24H21BrCl2N2O3S/c1-16-12-18-4-2-3-5-23(18)29(16)24(30)15-28(14-17-6-11-21(26)22(27)13-17)33(31,32)20-9-7-19(25)8-10-20/h2-11,13,16H,12,14-15H2,1H3. The van der Waals surface area contributed by atoms with Crippen molar-refractivity contribution in [1.29, 1.82) is 0 Å². The molecule has 1 aliphatic rings. The van der Waals surface area contributed by atoms with Crippen LogP contribution < -0.4 is 4.90 Å². The van der Waals surface area contributed by atoms with E-state index in [9.17, 15) is 13.2 Å². The van der Waals surface area contributed by atoms with E-state index in [0.717, 1.165) is 22.1 Å². The second-order valence-electron chi connectivity index (χ2n) is 7.92. The third kappa shape index (κ3) is 5.12. The van der Waals surface area contributed by atoms with Crippen LogP contribution in [0.2, 0.25) is 10.0 Å². The second-order valence-corrected chi connectivity index (χ2v) is 11.6. The van der Waals surface area contributed by atoms with Gasteiger partial charge in [0.25, 0.3) is 0 Å². The van der Waals surface area contributed by atoms with Gasteiger partial charge >= 0.3 is 0 Å². The lowest BCUT2D eigenvalue weighted by Gasteiger charge is -2.27. The van der Waals surface area contributed by atoms with Gasteiger partial charge < -0.3 is 4.90 Å². The van der Waals surface area contributed by atoms with Gasteiger partial charge in [-0.25, -0.2) is 8.42 Å². The molecular weight excluding hydrogens is 547 g/mol. The number of para-hydroxylation sites is 1.